The second-order valence-electron chi connectivity index (χ2n) is 7.24. The number of rotatable bonds is 5. The molecule has 6 heteroatoms. The second kappa shape index (κ2) is 7.60. The minimum atomic E-state index is -3.75. The van der Waals surface area contributed by atoms with Crippen LogP contribution in [0.3, 0.4) is 0 Å². The molecule has 2 aromatic carbocycles. The number of methoxy groups -OCH3 is 1. The number of esters is 1. The third kappa shape index (κ3) is 4.71. The molecule has 2 rings (SSSR count). The SMILES string of the molecule is COC(=O)c1ccc(C)c(S(=O)(=O)NCc2ccc(C(C)(C)C)cc2)c1. The Labute approximate surface area is 155 Å². The van der Waals surface area contributed by atoms with Gasteiger partial charge in [-0.05, 0) is 41.2 Å². The van der Waals surface area contributed by atoms with Crippen LogP contribution in [0.5, 0.6) is 0 Å². The van der Waals surface area contributed by atoms with Gasteiger partial charge in [0.15, 0.2) is 0 Å². The molecule has 0 heterocycles. The molecule has 0 aliphatic heterocycles. The summed E-state index contributed by atoms with van der Waals surface area (Å²) in [6.45, 7) is 8.24. The van der Waals surface area contributed by atoms with Crippen molar-refractivity contribution in [1.82, 2.24) is 4.72 Å². The van der Waals surface area contributed by atoms with E-state index in [-0.39, 0.29) is 22.4 Å². The smallest absolute Gasteiger partial charge is 0.337 e. The van der Waals surface area contributed by atoms with Crippen LogP contribution in [-0.4, -0.2) is 21.5 Å². The lowest BCUT2D eigenvalue weighted by molar-refractivity contribution is 0.0600. The van der Waals surface area contributed by atoms with Gasteiger partial charge in [-0.15, -0.1) is 0 Å². The van der Waals surface area contributed by atoms with Crippen LogP contribution in [0.25, 0.3) is 0 Å². The fourth-order valence-electron chi connectivity index (χ4n) is 2.51. The van der Waals surface area contributed by atoms with Gasteiger partial charge in [-0.25, -0.2) is 17.9 Å². The molecule has 0 aliphatic carbocycles. The zero-order valence-electron chi connectivity index (χ0n) is 15.8. The monoisotopic (exact) mass is 375 g/mol. The predicted molar refractivity (Wildman–Crippen MR) is 102 cm³/mol. The number of carbonyl (C=O) groups is 1. The summed E-state index contributed by atoms with van der Waals surface area (Å²) < 4.78 is 32.6. The average molecular weight is 375 g/mol. The Balaban J connectivity index is 2.20. The minimum absolute atomic E-state index is 0.0451. The predicted octanol–water partition coefficient (Wildman–Crippen LogP) is 3.56. The molecule has 0 aliphatic rings. The highest BCUT2D eigenvalue weighted by molar-refractivity contribution is 7.89. The normalized spacial score (nSPS) is 12.0. The summed E-state index contributed by atoms with van der Waals surface area (Å²) in [4.78, 5) is 11.7. The zero-order valence-corrected chi connectivity index (χ0v) is 16.6. The molecule has 0 bridgehead atoms. The number of hydrogen-bond donors (Lipinski definition) is 1. The molecule has 26 heavy (non-hydrogen) atoms. The standard InChI is InChI=1S/C20H25NO4S/c1-14-6-9-16(19(22)25-5)12-18(14)26(23,24)21-13-15-7-10-17(11-8-15)20(2,3)4/h6-12,21H,13H2,1-5H3. The van der Waals surface area contributed by atoms with Gasteiger partial charge >= 0.3 is 5.97 Å². The van der Waals surface area contributed by atoms with Crippen molar-refractivity contribution in [3.63, 3.8) is 0 Å². The maximum atomic E-state index is 12.7. The van der Waals surface area contributed by atoms with E-state index in [1.165, 1.54) is 18.7 Å². The van der Waals surface area contributed by atoms with Crippen LogP contribution in [0.15, 0.2) is 47.4 Å². The molecule has 0 saturated carbocycles. The number of carbonyl (C=O) groups excluding carboxylic acids is 1. The van der Waals surface area contributed by atoms with Crippen molar-refractivity contribution in [3.05, 3.63) is 64.7 Å². The summed E-state index contributed by atoms with van der Waals surface area (Å²) in [5.41, 5.74) is 2.86. The van der Waals surface area contributed by atoms with Gasteiger partial charge in [0.25, 0.3) is 0 Å². The summed E-state index contributed by atoms with van der Waals surface area (Å²) in [5, 5.41) is 0. The van der Waals surface area contributed by atoms with Crippen molar-refractivity contribution in [3.8, 4) is 0 Å². The fourth-order valence-corrected chi connectivity index (χ4v) is 3.80. The molecule has 0 unspecified atom stereocenters. The second-order valence-corrected chi connectivity index (χ2v) is 8.98. The van der Waals surface area contributed by atoms with Crippen molar-refractivity contribution in [2.75, 3.05) is 7.11 Å². The van der Waals surface area contributed by atoms with Crippen LogP contribution in [0.1, 0.15) is 47.8 Å². The molecule has 0 amide bonds. The van der Waals surface area contributed by atoms with E-state index < -0.39 is 16.0 Å². The lowest BCUT2D eigenvalue weighted by Gasteiger charge is -2.19. The summed E-state index contributed by atoms with van der Waals surface area (Å²) >= 11 is 0. The largest absolute Gasteiger partial charge is 0.465 e. The van der Waals surface area contributed by atoms with Crippen molar-refractivity contribution in [2.45, 2.75) is 44.6 Å². The van der Waals surface area contributed by atoms with Gasteiger partial charge in [0, 0.05) is 6.54 Å². The number of hydrogen-bond acceptors (Lipinski definition) is 4. The van der Waals surface area contributed by atoms with Crippen LogP contribution >= 0.6 is 0 Å². The van der Waals surface area contributed by atoms with Crippen molar-refractivity contribution in [1.29, 1.82) is 0 Å². The summed E-state index contributed by atoms with van der Waals surface area (Å²) in [5.74, 6) is -0.570. The topological polar surface area (TPSA) is 72.5 Å². The maximum Gasteiger partial charge on any atom is 0.337 e. The van der Waals surface area contributed by atoms with Gasteiger partial charge in [0.1, 0.15) is 0 Å². The van der Waals surface area contributed by atoms with Gasteiger partial charge in [0.05, 0.1) is 17.6 Å². The first kappa shape index (κ1) is 20.1. The Bertz CT molecular complexity index is 894. The number of benzene rings is 2. The maximum absolute atomic E-state index is 12.7. The first-order valence-corrected chi connectivity index (χ1v) is 9.81. The number of sulfonamides is 1. The van der Waals surface area contributed by atoms with E-state index in [2.05, 4.69) is 30.2 Å². The van der Waals surface area contributed by atoms with E-state index in [0.29, 0.717) is 5.56 Å². The highest BCUT2D eigenvalue weighted by Gasteiger charge is 2.19. The first-order chi connectivity index (χ1) is 12.0. The Morgan fingerprint density at radius 2 is 1.69 bits per heavy atom. The number of ether oxygens (including phenoxy) is 1. The van der Waals surface area contributed by atoms with Gasteiger partial charge in [-0.1, -0.05) is 51.1 Å². The molecule has 0 aromatic heterocycles. The van der Waals surface area contributed by atoms with Crippen molar-refractivity contribution in [2.24, 2.45) is 0 Å². The first-order valence-electron chi connectivity index (χ1n) is 8.32. The molecule has 1 N–H and O–H groups in total. The van der Waals surface area contributed by atoms with Crippen molar-refractivity contribution < 1.29 is 17.9 Å². The Kier molecular flexibility index (Phi) is 5.88. The molecular formula is C20H25NO4S. The van der Waals surface area contributed by atoms with Gasteiger partial charge in [0.2, 0.25) is 10.0 Å². The Morgan fingerprint density at radius 3 is 2.23 bits per heavy atom. The molecular weight excluding hydrogens is 350 g/mol. The van der Waals surface area contributed by atoms with Crippen LogP contribution in [0.2, 0.25) is 0 Å². The molecule has 0 saturated heterocycles. The molecule has 5 nitrogen and oxygen atoms in total. The van der Waals surface area contributed by atoms with E-state index in [0.717, 1.165) is 5.56 Å². The Morgan fingerprint density at radius 1 is 1.08 bits per heavy atom. The Hall–Kier alpha value is -2.18. The lowest BCUT2D eigenvalue weighted by atomic mass is 9.87. The summed E-state index contributed by atoms with van der Waals surface area (Å²) in [6.07, 6.45) is 0. The third-order valence-corrected chi connectivity index (χ3v) is 5.73. The van der Waals surface area contributed by atoms with Gasteiger partial charge in [-0.2, -0.15) is 0 Å². The molecule has 0 fully saturated rings. The minimum Gasteiger partial charge on any atom is -0.465 e. The molecule has 0 radical (unpaired) electrons. The van der Waals surface area contributed by atoms with Crippen molar-refractivity contribution >= 4 is 16.0 Å². The van der Waals surface area contributed by atoms with E-state index >= 15 is 0 Å². The van der Waals surface area contributed by atoms with E-state index in [4.69, 9.17) is 0 Å². The highest BCUT2D eigenvalue weighted by Crippen LogP contribution is 2.22. The molecule has 0 spiro atoms. The van der Waals surface area contributed by atoms with E-state index in [9.17, 15) is 13.2 Å². The quantitative estimate of drug-likeness (QED) is 0.811. The van der Waals surface area contributed by atoms with Gasteiger partial charge in [-0.3, -0.25) is 0 Å². The molecule has 140 valence electrons. The van der Waals surface area contributed by atoms with Crippen LogP contribution in [0.4, 0.5) is 0 Å². The van der Waals surface area contributed by atoms with Crippen LogP contribution in [-0.2, 0) is 26.7 Å². The average Bonchev–Trinajstić information content (AvgIpc) is 2.59. The van der Waals surface area contributed by atoms with Crippen LogP contribution < -0.4 is 4.72 Å². The van der Waals surface area contributed by atoms with E-state index in [1.807, 2.05) is 24.3 Å². The number of aryl methyl sites for hydroxylation is 1. The lowest BCUT2D eigenvalue weighted by Crippen LogP contribution is -2.24. The summed E-state index contributed by atoms with van der Waals surface area (Å²) in [7, 11) is -2.49. The molecule has 0 atom stereocenters. The van der Waals surface area contributed by atoms with Gasteiger partial charge < -0.3 is 4.74 Å². The zero-order chi connectivity index (χ0) is 19.5. The van der Waals surface area contributed by atoms with E-state index in [1.54, 1.807) is 19.1 Å². The molecule has 2 aromatic rings. The summed E-state index contributed by atoms with van der Waals surface area (Å²) in [6, 6.07) is 12.3. The third-order valence-electron chi connectivity index (χ3n) is 4.19. The highest BCUT2D eigenvalue weighted by atomic mass is 32.2. The van der Waals surface area contributed by atoms with Crippen LogP contribution in [0, 0.1) is 6.92 Å². The number of nitrogens with one attached hydrogen (secondary N) is 1. The fraction of sp³-hybridized carbons (Fsp3) is 0.350.